The number of hydrogen-bond acceptors (Lipinski definition) is 5. The summed E-state index contributed by atoms with van der Waals surface area (Å²) in [6.07, 6.45) is 6.99. The van der Waals surface area contributed by atoms with E-state index in [1.54, 1.807) is 0 Å². The number of primary amides is 1. The van der Waals surface area contributed by atoms with Crippen LogP contribution in [-0.2, 0) is 9.47 Å². The van der Waals surface area contributed by atoms with E-state index in [4.69, 9.17) is 15.2 Å². The van der Waals surface area contributed by atoms with Crippen molar-refractivity contribution in [1.29, 1.82) is 0 Å². The predicted octanol–water partition coefficient (Wildman–Crippen LogP) is 4.26. The fraction of sp³-hybridized carbons (Fsp3) is 0.964. The Balaban J connectivity index is 1.34. The van der Waals surface area contributed by atoms with Gasteiger partial charge in [0.05, 0.1) is 24.4 Å². The topological polar surface area (TPSA) is 102 Å². The first-order chi connectivity index (χ1) is 15.8. The van der Waals surface area contributed by atoms with Gasteiger partial charge in [0.15, 0.2) is 0 Å². The molecular weight excluding hydrogens is 430 g/mol. The first-order valence-corrected chi connectivity index (χ1v) is 13.8. The van der Waals surface area contributed by atoms with Gasteiger partial charge < -0.3 is 25.4 Å². The zero-order valence-electron chi connectivity index (χ0n) is 21.7. The summed E-state index contributed by atoms with van der Waals surface area (Å²) >= 11 is 0. The summed E-state index contributed by atoms with van der Waals surface area (Å²) in [5.41, 5.74) is 5.68. The number of hydrogen-bond donors (Lipinski definition) is 3. The van der Waals surface area contributed by atoms with Crippen molar-refractivity contribution in [2.24, 2.45) is 56.5 Å². The van der Waals surface area contributed by atoms with Crippen LogP contribution in [0.5, 0.6) is 0 Å². The maximum absolute atomic E-state index is 12.1. The van der Waals surface area contributed by atoms with E-state index in [1.165, 1.54) is 12.8 Å². The minimum absolute atomic E-state index is 0.0259. The molecule has 12 atom stereocenters. The molecule has 6 nitrogen and oxygen atoms in total. The van der Waals surface area contributed by atoms with Crippen LogP contribution < -0.4 is 5.73 Å². The molecule has 6 fully saturated rings. The van der Waals surface area contributed by atoms with Gasteiger partial charge in [-0.1, -0.05) is 34.6 Å². The molecule has 0 bridgehead atoms. The Hall–Kier alpha value is -0.850. The Kier molecular flexibility index (Phi) is 4.79. The van der Waals surface area contributed by atoms with Crippen molar-refractivity contribution in [3.63, 3.8) is 0 Å². The lowest BCUT2D eigenvalue weighted by atomic mass is 9.41. The summed E-state index contributed by atoms with van der Waals surface area (Å²) in [7, 11) is 0. The lowest BCUT2D eigenvalue weighted by molar-refractivity contribution is -0.182. The predicted molar refractivity (Wildman–Crippen MR) is 128 cm³/mol. The first-order valence-electron chi connectivity index (χ1n) is 13.8. The molecule has 1 aliphatic heterocycles. The number of rotatable bonds is 2. The second kappa shape index (κ2) is 6.92. The molecule has 6 rings (SSSR count). The lowest BCUT2D eigenvalue weighted by Gasteiger charge is -2.63. The van der Waals surface area contributed by atoms with Crippen LogP contribution in [0.1, 0.15) is 86.0 Å². The monoisotopic (exact) mass is 475 g/mol. The third-order valence-corrected chi connectivity index (χ3v) is 13.3. The van der Waals surface area contributed by atoms with Crippen LogP contribution in [0.25, 0.3) is 0 Å². The van der Waals surface area contributed by atoms with E-state index >= 15 is 0 Å². The van der Waals surface area contributed by atoms with Crippen LogP contribution in [0.2, 0.25) is 0 Å². The summed E-state index contributed by atoms with van der Waals surface area (Å²) < 4.78 is 11.6. The molecule has 5 saturated carbocycles. The highest BCUT2D eigenvalue weighted by Crippen LogP contribution is 2.89. The van der Waals surface area contributed by atoms with E-state index in [2.05, 4.69) is 34.6 Å². The number of amides is 1. The quantitative estimate of drug-likeness (QED) is 0.554. The molecule has 0 aromatic rings. The minimum atomic E-state index is -0.767. The van der Waals surface area contributed by atoms with Crippen molar-refractivity contribution in [2.45, 2.75) is 110 Å². The van der Waals surface area contributed by atoms with Crippen LogP contribution >= 0.6 is 0 Å². The van der Waals surface area contributed by atoms with Gasteiger partial charge in [0.1, 0.15) is 6.61 Å². The molecule has 0 radical (unpaired) electrons. The second-order valence-corrected chi connectivity index (χ2v) is 14.3. The molecule has 2 spiro atoms. The molecule has 192 valence electrons. The molecule has 1 heterocycles. The summed E-state index contributed by atoms with van der Waals surface area (Å²) in [4.78, 5) is 11.2. The zero-order chi connectivity index (χ0) is 24.5. The molecule has 1 amide bonds. The van der Waals surface area contributed by atoms with E-state index in [0.717, 1.165) is 38.5 Å². The fourth-order valence-corrected chi connectivity index (χ4v) is 11.7. The molecule has 4 N–H and O–H groups in total. The first kappa shape index (κ1) is 23.5. The number of aliphatic hydroxyl groups excluding tert-OH is 2. The van der Waals surface area contributed by atoms with Gasteiger partial charge in [0, 0.05) is 5.41 Å². The molecule has 0 aromatic carbocycles. The maximum Gasteiger partial charge on any atom is 0.404 e. The number of carbonyl (C=O) groups is 1. The molecule has 5 aliphatic carbocycles. The van der Waals surface area contributed by atoms with Crippen molar-refractivity contribution in [2.75, 3.05) is 6.61 Å². The molecule has 6 aliphatic rings. The lowest BCUT2D eigenvalue weighted by Crippen LogP contribution is -2.59. The van der Waals surface area contributed by atoms with Crippen LogP contribution in [0.3, 0.4) is 0 Å². The van der Waals surface area contributed by atoms with Crippen molar-refractivity contribution in [3.05, 3.63) is 0 Å². The SMILES string of the molecule is CC1CC(COC(N)=O)OC2C1C1(C)CCC34CC35CCC(O)C(C)(C)C5CCC4C1(C)C2O. The fourth-order valence-electron chi connectivity index (χ4n) is 11.7. The smallest absolute Gasteiger partial charge is 0.404 e. The Bertz CT molecular complexity index is 892. The van der Waals surface area contributed by atoms with Gasteiger partial charge in [-0.05, 0) is 96.7 Å². The number of aliphatic hydroxyl groups is 2. The largest absolute Gasteiger partial charge is 0.447 e. The van der Waals surface area contributed by atoms with Gasteiger partial charge in [-0.15, -0.1) is 0 Å². The summed E-state index contributed by atoms with van der Waals surface area (Å²) in [5.74, 6) is 1.78. The van der Waals surface area contributed by atoms with Gasteiger partial charge in [0.2, 0.25) is 0 Å². The van der Waals surface area contributed by atoms with E-state index in [-0.39, 0.29) is 41.2 Å². The Morgan fingerprint density at radius 1 is 1.03 bits per heavy atom. The average molecular weight is 476 g/mol. The normalized spacial score (nSPS) is 59.0. The number of fused-ring (bicyclic) bond motifs is 4. The van der Waals surface area contributed by atoms with E-state index in [9.17, 15) is 15.0 Å². The van der Waals surface area contributed by atoms with Gasteiger partial charge in [-0.3, -0.25) is 0 Å². The van der Waals surface area contributed by atoms with Gasteiger partial charge in [-0.25, -0.2) is 4.79 Å². The maximum atomic E-state index is 12.1. The third-order valence-electron chi connectivity index (χ3n) is 13.3. The molecule has 12 unspecified atom stereocenters. The highest BCUT2D eigenvalue weighted by molar-refractivity contribution is 5.64. The van der Waals surface area contributed by atoms with Gasteiger partial charge >= 0.3 is 6.09 Å². The van der Waals surface area contributed by atoms with E-state index < -0.39 is 12.2 Å². The average Bonchev–Trinajstić information content (AvgIpc) is 3.40. The molecule has 0 aromatic heterocycles. The minimum Gasteiger partial charge on any atom is -0.447 e. The van der Waals surface area contributed by atoms with Crippen LogP contribution in [0.4, 0.5) is 4.79 Å². The molecule has 1 saturated heterocycles. The highest BCUT2D eigenvalue weighted by atomic mass is 16.6. The van der Waals surface area contributed by atoms with Crippen molar-refractivity contribution < 1.29 is 24.5 Å². The molecule has 34 heavy (non-hydrogen) atoms. The van der Waals surface area contributed by atoms with E-state index in [0.29, 0.717) is 34.5 Å². The van der Waals surface area contributed by atoms with Crippen molar-refractivity contribution >= 4 is 6.09 Å². The van der Waals surface area contributed by atoms with E-state index in [1.807, 2.05) is 0 Å². The summed E-state index contributed by atoms with van der Waals surface area (Å²) in [6.45, 7) is 11.9. The van der Waals surface area contributed by atoms with Crippen molar-refractivity contribution in [3.8, 4) is 0 Å². The Morgan fingerprint density at radius 2 is 1.71 bits per heavy atom. The molecule has 6 heteroatoms. The standard InChI is InChI=1S/C28H45NO5/c1-15-12-16(13-33-23(29)32)34-21-20(15)25(4)10-11-28-14-27(28)9-8-19(30)24(2,3)17(27)6-7-18(28)26(25,5)22(21)31/h15-22,30-31H,6-14H2,1-5H3,(H2,29,32). The van der Waals surface area contributed by atoms with Crippen LogP contribution in [-0.4, -0.2) is 47.3 Å². The summed E-state index contributed by atoms with van der Waals surface area (Å²) in [5, 5.41) is 22.9. The number of carbonyl (C=O) groups excluding carboxylic acids is 1. The highest BCUT2D eigenvalue weighted by Gasteiger charge is 2.84. The summed E-state index contributed by atoms with van der Waals surface area (Å²) in [6, 6.07) is 0. The molecular formula is C28H45NO5. The Morgan fingerprint density at radius 3 is 2.41 bits per heavy atom. The number of ether oxygens (including phenoxy) is 2. The zero-order valence-corrected chi connectivity index (χ0v) is 21.7. The van der Waals surface area contributed by atoms with Gasteiger partial charge in [-0.2, -0.15) is 0 Å². The number of nitrogens with two attached hydrogens (primary N) is 1. The second-order valence-electron chi connectivity index (χ2n) is 14.3. The van der Waals surface area contributed by atoms with Crippen LogP contribution in [0.15, 0.2) is 0 Å². The van der Waals surface area contributed by atoms with Crippen LogP contribution in [0, 0.1) is 50.7 Å². The third kappa shape index (κ3) is 2.51. The van der Waals surface area contributed by atoms with Gasteiger partial charge in [0.25, 0.3) is 0 Å². The van der Waals surface area contributed by atoms with Crippen molar-refractivity contribution in [1.82, 2.24) is 0 Å². The Labute approximate surface area is 204 Å².